The van der Waals surface area contributed by atoms with E-state index in [4.69, 9.17) is 27.9 Å². The van der Waals surface area contributed by atoms with Gasteiger partial charge in [-0.15, -0.1) is 0 Å². The molecule has 7 heteroatoms. The summed E-state index contributed by atoms with van der Waals surface area (Å²) < 4.78 is 5.13. The molecule has 3 rings (SSSR count). The Morgan fingerprint density at radius 2 is 1.88 bits per heavy atom. The number of halogens is 2. The molecule has 1 aromatic heterocycles. The largest absolute Gasteiger partial charge is 0.494 e. The van der Waals surface area contributed by atoms with E-state index in [1.807, 2.05) is 4.90 Å². The summed E-state index contributed by atoms with van der Waals surface area (Å²) in [5, 5.41) is 4.96. The van der Waals surface area contributed by atoms with Gasteiger partial charge in [-0.1, -0.05) is 23.2 Å². The molecule has 4 nitrogen and oxygen atoms in total. The fraction of sp³-hybridized carbons (Fsp3) is 0.353. The number of benzene rings is 1. The average Bonchev–Trinajstić information content (AvgIpc) is 3.07. The van der Waals surface area contributed by atoms with Crippen molar-refractivity contribution in [3.63, 3.8) is 0 Å². The van der Waals surface area contributed by atoms with E-state index < -0.39 is 0 Å². The Hall–Kier alpha value is -1.27. The van der Waals surface area contributed by atoms with E-state index in [1.165, 1.54) is 12.7 Å². The molecule has 1 amide bonds. The molecular weight excluding hydrogens is 367 g/mol. The van der Waals surface area contributed by atoms with Gasteiger partial charge in [-0.05, 0) is 34.5 Å². The van der Waals surface area contributed by atoms with E-state index in [2.05, 4.69) is 21.7 Å². The number of methoxy groups -OCH3 is 1. The maximum absolute atomic E-state index is 12.7. The van der Waals surface area contributed by atoms with Gasteiger partial charge in [-0.3, -0.25) is 9.69 Å². The van der Waals surface area contributed by atoms with Crippen molar-refractivity contribution in [3.05, 3.63) is 50.1 Å². The monoisotopic (exact) mass is 384 g/mol. The second-order valence-electron chi connectivity index (χ2n) is 5.67. The highest BCUT2D eigenvalue weighted by molar-refractivity contribution is 7.07. The first kappa shape index (κ1) is 17.5. The van der Waals surface area contributed by atoms with Gasteiger partial charge in [-0.25, -0.2) is 0 Å². The molecular formula is C17H18Cl2N2O2S. The summed E-state index contributed by atoms with van der Waals surface area (Å²) in [7, 11) is 1.50. The Bertz CT molecular complexity index is 690. The number of rotatable bonds is 4. The quantitative estimate of drug-likeness (QED) is 0.797. The van der Waals surface area contributed by atoms with Crippen molar-refractivity contribution in [2.75, 3.05) is 33.3 Å². The van der Waals surface area contributed by atoms with Crippen LogP contribution in [0.25, 0.3) is 0 Å². The summed E-state index contributed by atoms with van der Waals surface area (Å²) in [5.74, 6) is 0.354. The Morgan fingerprint density at radius 1 is 1.21 bits per heavy atom. The summed E-state index contributed by atoms with van der Waals surface area (Å²) >= 11 is 14.0. The van der Waals surface area contributed by atoms with Gasteiger partial charge in [-0.2, -0.15) is 11.3 Å². The molecule has 0 spiro atoms. The molecule has 0 aliphatic carbocycles. The smallest absolute Gasteiger partial charge is 0.254 e. The number of piperazine rings is 1. The van der Waals surface area contributed by atoms with Crippen molar-refractivity contribution < 1.29 is 9.53 Å². The van der Waals surface area contributed by atoms with E-state index in [-0.39, 0.29) is 5.91 Å². The minimum absolute atomic E-state index is 0.0448. The van der Waals surface area contributed by atoms with Crippen molar-refractivity contribution in [3.8, 4) is 5.75 Å². The van der Waals surface area contributed by atoms with Crippen molar-refractivity contribution in [1.82, 2.24) is 9.80 Å². The van der Waals surface area contributed by atoms with Gasteiger partial charge in [0.05, 0.1) is 17.2 Å². The summed E-state index contributed by atoms with van der Waals surface area (Å²) in [6.45, 7) is 4.05. The van der Waals surface area contributed by atoms with Gasteiger partial charge < -0.3 is 9.64 Å². The highest BCUT2D eigenvalue weighted by atomic mass is 35.5. The number of carbonyl (C=O) groups is 1. The van der Waals surface area contributed by atoms with E-state index in [0.29, 0.717) is 34.4 Å². The molecule has 128 valence electrons. The molecule has 0 atom stereocenters. The first-order chi connectivity index (χ1) is 11.6. The van der Waals surface area contributed by atoms with Gasteiger partial charge in [0.2, 0.25) is 0 Å². The number of hydrogen-bond acceptors (Lipinski definition) is 4. The summed E-state index contributed by atoms with van der Waals surface area (Å²) in [5.41, 5.74) is 1.82. The normalized spacial score (nSPS) is 15.5. The van der Waals surface area contributed by atoms with Crippen molar-refractivity contribution in [2.24, 2.45) is 0 Å². The van der Waals surface area contributed by atoms with Crippen LogP contribution in [-0.4, -0.2) is 49.0 Å². The fourth-order valence-corrected chi connectivity index (χ4v) is 4.11. The zero-order valence-corrected chi connectivity index (χ0v) is 15.6. The molecule has 1 saturated heterocycles. The van der Waals surface area contributed by atoms with Crippen LogP contribution in [0.1, 0.15) is 15.9 Å². The number of carbonyl (C=O) groups excluding carboxylic acids is 1. The molecule has 1 fully saturated rings. The third-order valence-corrected chi connectivity index (χ3v) is 5.39. The van der Waals surface area contributed by atoms with Crippen LogP contribution in [0.3, 0.4) is 0 Å². The third-order valence-electron chi connectivity index (χ3n) is 4.10. The van der Waals surface area contributed by atoms with Gasteiger partial charge in [0, 0.05) is 38.3 Å². The van der Waals surface area contributed by atoms with Crippen molar-refractivity contribution in [2.45, 2.75) is 6.54 Å². The lowest BCUT2D eigenvalue weighted by Crippen LogP contribution is -2.48. The standard InChI is InChI=1S/C17H18Cl2N2O2S/c1-23-16-14(18)8-13(9-15(16)19)17(22)21-5-3-20(4-6-21)10-12-2-7-24-11-12/h2,7-9,11H,3-6,10H2,1H3. The lowest BCUT2D eigenvalue weighted by Gasteiger charge is -2.34. The average molecular weight is 385 g/mol. The third kappa shape index (κ3) is 3.86. The van der Waals surface area contributed by atoms with E-state index in [9.17, 15) is 4.79 Å². The van der Waals surface area contributed by atoms with E-state index in [0.717, 1.165) is 19.6 Å². The number of nitrogens with zero attached hydrogens (tertiary/aromatic N) is 2. The molecule has 1 aromatic carbocycles. The lowest BCUT2D eigenvalue weighted by molar-refractivity contribution is 0.0628. The summed E-state index contributed by atoms with van der Waals surface area (Å²) in [6, 6.07) is 5.38. The van der Waals surface area contributed by atoms with Gasteiger partial charge in [0.1, 0.15) is 0 Å². The maximum Gasteiger partial charge on any atom is 0.254 e. The molecule has 2 aromatic rings. The molecule has 0 unspecified atom stereocenters. The van der Waals surface area contributed by atoms with Crippen LogP contribution in [0, 0.1) is 0 Å². The number of amides is 1. The van der Waals surface area contributed by atoms with Crippen LogP contribution >= 0.6 is 34.5 Å². The minimum Gasteiger partial charge on any atom is -0.494 e. The second kappa shape index (κ2) is 7.74. The van der Waals surface area contributed by atoms with Crippen LogP contribution < -0.4 is 4.74 Å². The van der Waals surface area contributed by atoms with E-state index in [1.54, 1.807) is 23.5 Å². The highest BCUT2D eigenvalue weighted by Crippen LogP contribution is 2.34. The second-order valence-corrected chi connectivity index (χ2v) is 7.27. The Labute approximate surface area is 155 Å². The first-order valence-electron chi connectivity index (χ1n) is 7.64. The fourth-order valence-electron chi connectivity index (χ4n) is 2.81. The molecule has 1 aliphatic rings. The van der Waals surface area contributed by atoms with E-state index >= 15 is 0 Å². The predicted octanol–water partition coefficient (Wildman–Crippen LogP) is 4.02. The van der Waals surface area contributed by atoms with Crippen LogP contribution in [-0.2, 0) is 6.54 Å². The van der Waals surface area contributed by atoms with Crippen molar-refractivity contribution in [1.29, 1.82) is 0 Å². The maximum atomic E-state index is 12.7. The highest BCUT2D eigenvalue weighted by Gasteiger charge is 2.23. The summed E-state index contributed by atoms with van der Waals surface area (Å²) in [6.07, 6.45) is 0. The van der Waals surface area contributed by atoms with Crippen LogP contribution in [0.2, 0.25) is 10.0 Å². The van der Waals surface area contributed by atoms with Crippen LogP contribution in [0.15, 0.2) is 29.0 Å². The zero-order valence-electron chi connectivity index (χ0n) is 13.3. The van der Waals surface area contributed by atoms with Crippen molar-refractivity contribution >= 4 is 40.4 Å². The molecule has 0 radical (unpaired) electrons. The topological polar surface area (TPSA) is 32.8 Å². The first-order valence-corrected chi connectivity index (χ1v) is 9.34. The predicted molar refractivity (Wildman–Crippen MR) is 98.5 cm³/mol. The molecule has 0 N–H and O–H groups in total. The Morgan fingerprint density at radius 3 is 2.42 bits per heavy atom. The molecule has 24 heavy (non-hydrogen) atoms. The Balaban J connectivity index is 1.63. The molecule has 2 heterocycles. The SMILES string of the molecule is COc1c(Cl)cc(C(=O)N2CCN(Cc3ccsc3)CC2)cc1Cl. The minimum atomic E-state index is -0.0448. The Kier molecular flexibility index (Phi) is 5.66. The number of hydrogen-bond donors (Lipinski definition) is 0. The molecule has 0 bridgehead atoms. The summed E-state index contributed by atoms with van der Waals surface area (Å²) in [4.78, 5) is 16.9. The van der Waals surface area contributed by atoms with Crippen LogP contribution in [0.4, 0.5) is 0 Å². The molecule has 0 saturated carbocycles. The van der Waals surface area contributed by atoms with Gasteiger partial charge >= 0.3 is 0 Å². The zero-order chi connectivity index (χ0) is 17.1. The van der Waals surface area contributed by atoms with Gasteiger partial charge in [0.25, 0.3) is 5.91 Å². The van der Waals surface area contributed by atoms with Crippen LogP contribution in [0.5, 0.6) is 5.75 Å². The lowest BCUT2D eigenvalue weighted by atomic mass is 10.1. The molecule has 1 aliphatic heterocycles. The number of thiophene rings is 1. The van der Waals surface area contributed by atoms with Gasteiger partial charge in [0.15, 0.2) is 5.75 Å². The number of ether oxygens (including phenoxy) is 1.